The average molecular weight is 303 g/mol. The molecule has 3 N–H and O–H groups in total. The molecule has 0 spiro atoms. The van der Waals surface area contributed by atoms with Crippen molar-refractivity contribution in [3.05, 3.63) is 45.3 Å². The highest BCUT2D eigenvalue weighted by Crippen LogP contribution is 2.30. The van der Waals surface area contributed by atoms with E-state index in [0.717, 1.165) is 47.8 Å². The zero-order valence-corrected chi connectivity index (χ0v) is 12.6. The zero-order chi connectivity index (χ0) is 15.7. The van der Waals surface area contributed by atoms with Gasteiger partial charge in [-0.3, -0.25) is 5.32 Å². The fourth-order valence-corrected chi connectivity index (χ4v) is 3.27. The number of nitrogens with one attached hydrogen (secondary N) is 1. The van der Waals surface area contributed by atoms with Gasteiger partial charge in [0.1, 0.15) is 11.8 Å². The molecule has 2 unspecified atom stereocenters. The van der Waals surface area contributed by atoms with Crippen LogP contribution in [0.3, 0.4) is 0 Å². The number of likely N-dealkylation sites (N-methyl/N-ethyl adjacent to an activating group) is 1. The van der Waals surface area contributed by atoms with Crippen molar-refractivity contribution in [1.29, 1.82) is 0 Å². The molecule has 0 aliphatic heterocycles. The van der Waals surface area contributed by atoms with Gasteiger partial charge in [0.25, 0.3) is 0 Å². The van der Waals surface area contributed by atoms with E-state index >= 15 is 0 Å². The van der Waals surface area contributed by atoms with Gasteiger partial charge in [0.15, 0.2) is 0 Å². The summed E-state index contributed by atoms with van der Waals surface area (Å²) in [5.41, 5.74) is 3.06. The van der Waals surface area contributed by atoms with Crippen molar-refractivity contribution in [1.82, 2.24) is 5.32 Å². The third-order valence-corrected chi connectivity index (χ3v) is 4.42. The molecule has 3 rings (SSSR count). The lowest BCUT2D eigenvalue weighted by Crippen LogP contribution is -2.38. The first-order valence-electron chi connectivity index (χ1n) is 7.71. The van der Waals surface area contributed by atoms with Crippen molar-refractivity contribution in [2.75, 3.05) is 7.05 Å². The van der Waals surface area contributed by atoms with Gasteiger partial charge in [-0.1, -0.05) is 12.1 Å². The molecule has 0 radical (unpaired) electrons. The molecule has 0 fully saturated rings. The largest absolute Gasteiger partial charge is 0.423 e. The van der Waals surface area contributed by atoms with Gasteiger partial charge in [0, 0.05) is 17.4 Å². The first kappa shape index (κ1) is 15.2. The number of hydrogen-bond donors (Lipinski definition) is 3. The molecule has 1 aliphatic rings. The smallest absolute Gasteiger partial charge is 0.339 e. The van der Waals surface area contributed by atoms with E-state index in [1.807, 2.05) is 12.1 Å². The first-order chi connectivity index (χ1) is 10.6. The lowest BCUT2D eigenvalue weighted by Gasteiger charge is -2.21. The lowest BCUT2D eigenvalue weighted by atomic mass is 9.88. The van der Waals surface area contributed by atoms with Gasteiger partial charge in [-0.05, 0) is 49.9 Å². The van der Waals surface area contributed by atoms with Crippen molar-refractivity contribution in [2.45, 2.75) is 44.4 Å². The topological polar surface area (TPSA) is 82.7 Å². The van der Waals surface area contributed by atoms with Crippen LogP contribution in [0.5, 0.6) is 0 Å². The molecular formula is C17H21NO4. The summed E-state index contributed by atoms with van der Waals surface area (Å²) in [6, 6.07) is 5.52. The SMILES string of the molecule is CNC(O)C(O)Cc1cccc2oc(=O)c3c(c12)CCCC3. The van der Waals surface area contributed by atoms with Crippen LogP contribution in [-0.2, 0) is 19.3 Å². The summed E-state index contributed by atoms with van der Waals surface area (Å²) in [7, 11) is 1.60. The summed E-state index contributed by atoms with van der Waals surface area (Å²) in [5, 5.41) is 23.4. The quantitative estimate of drug-likeness (QED) is 0.582. The second-order valence-corrected chi connectivity index (χ2v) is 5.85. The number of aliphatic hydroxyl groups excluding tert-OH is 2. The van der Waals surface area contributed by atoms with Crippen LogP contribution in [0, 0.1) is 0 Å². The first-order valence-corrected chi connectivity index (χ1v) is 7.71. The number of aryl methyl sites for hydroxylation is 1. The van der Waals surface area contributed by atoms with Crippen LogP contribution in [-0.4, -0.2) is 29.6 Å². The standard InChI is InChI=1S/C17H21NO4/c1-18-16(20)13(19)9-10-5-4-8-14-15(10)11-6-2-3-7-12(11)17(21)22-14/h4-5,8,13,16,18-20H,2-3,6-7,9H2,1H3. The third kappa shape index (κ3) is 2.67. The summed E-state index contributed by atoms with van der Waals surface area (Å²) in [6.45, 7) is 0. The number of rotatable bonds is 4. The maximum absolute atomic E-state index is 12.1. The Kier molecular flexibility index (Phi) is 4.29. The normalized spacial score (nSPS) is 17.2. The maximum Gasteiger partial charge on any atom is 0.339 e. The van der Waals surface area contributed by atoms with Gasteiger partial charge in [-0.25, -0.2) is 4.79 Å². The monoisotopic (exact) mass is 303 g/mol. The van der Waals surface area contributed by atoms with Crippen molar-refractivity contribution in [3.63, 3.8) is 0 Å². The van der Waals surface area contributed by atoms with E-state index in [1.54, 1.807) is 13.1 Å². The number of hydrogen-bond acceptors (Lipinski definition) is 5. The molecular weight excluding hydrogens is 282 g/mol. The number of fused-ring (bicyclic) bond motifs is 3. The van der Waals surface area contributed by atoms with Crippen molar-refractivity contribution >= 4 is 11.0 Å². The van der Waals surface area contributed by atoms with Crippen molar-refractivity contribution in [3.8, 4) is 0 Å². The molecule has 1 aromatic heterocycles. The Hall–Kier alpha value is -1.69. The molecule has 1 aliphatic carbocycles. The van der Waals surface area contributed by atoms with Gasteiger partial charge in [-0.2, -0.15) is 0 Å². The van der Waals surface area contributed by atoms with Gasteiger partial charge in [0.2, 0.25) is 0 Å². The van der Waals surface area contributed by atoms with Crippen LogP contribution < -0.4 is 10.9 Å². The van der Waals surface area contributed by atoms with E-state index in [4.69, 9.17) is 4.42 Å². The predicted molar refractivity (Wildman–Crippen MR) is 83.9 cm³/mol. The summed E-state index contributed by atoms with van der Waals surface area (Å²) >= 11 is 0. The van der Waals surface area contributed by atoms with E-state index < -0.39 is 12.3 Å². The summed E-state index contributed by atoms with van der Waals surface area (Å²) < 4.78 is 5.45. The maximum atomic E-state index is 12.1. The van der Waals surface area contributed by atoms with Crippen LogP contribution in [0.15, 0.2) is 27.4 Å². The Morgan fingerprint density at radius 3 is 2.68 bits per heavy atom. The minimum absolute atomic E-state index is 0.241. The molecule has 5 heteroatoms. The van der Waals surface area contributed by atoms with Crippen LogP contribution in [0.25, 0.3) is 11.0 Å². The van der Waals surface area contributed by atoms with Gasteiger partial charge >= 0.3 is 5.63 Å². The van der Waals surface area contributed by atoms with Gasteiger partial charge in [-0.15, -0.1) is 0 Å². The van der Waals surface area contributed by atoms with E-state index in [9.17, 15) is 15.0 Å². The predicted octanol–water partition coefficient (Wildman–Crippen LogP) is 1.11. The molecule has 1 heterocycles. The summed E-state index contributed by atoms with van der Waals surface area (Å²) in [5.74, 6) is 0. The minimum Gasteiger partial charge on any atom is -0.423 e. The zero-order valence-electron chi connectivity index (χ0n) is 12.6. The average Bonchev–Trinajstić information content (AvgIpc) is 2.54. The lowest BCUT2D eigenvalue weighted by molar-refractivity contribution is 0.00397. The van der Waals surface area contributed by atoms with Gasteiger partial charge < -0.3 is 14.6 Å². The second kappa shape index (κ2) is 6.20. The molecule has 0 bridgehead atoms. The van der Waals surface area contributed by atoms with E-state index in [-0.39, 0.29) is 5.63 Å². The summed E-state index contributed by atoms with van der Waals surface area (Å²) in [4.78, 5) is 12.1. The molecule has 0 saturated heterocycles. The molecule has 2 aromatic rings. The molecule has 1 aromatic carbocycles. The third-order valence-electron chi connectivity index (χ3n) is 4.42. The van der Waals surface area contributed by atoms with Crippen molar-refractivity contribution < 1.29 is 14.6 Å². The van der Waals surface area contributed by atoms with Crippen LogP contribution in [0.2, 0.25) is 0 Å². The van der Waals surface area contributed by atoms with E-state index in [2.05, 4.69) is 5.32 Å². The molecule has 5 nitrogen and oxygen atoms in total. The second-order valence-electron chi connectivity index (χ2n) is 5.85. The molecule has 22 heavy (non-hydrogen) atoms. The summed E-state index contributed by atoms with van der Waals surface area (Å²) in [6.07, 6.45) is 2.08. The van der Waals surface area contributed by atoms with Gasteiger partial charge in [0.05, 0.1) is 6.10 Å². The molecule has 2 atom stereocenters. The van der Waals surface area contributed by atoms with E-state index in [1.165, 1.54) is 0 Å². The van der Waals surface area contributed by atoms with Crippen molar-refractivity contribution in [2.24, 2.45) is 0 Å². The Labute approximate surface area is 128 Å². The Morgan fingerprint density at radius 1 is 1.23 bits per heavy atom. The van der Waals surface area contributed by atoms with Crippen LogP contribution in [0.4, 0.5) is 0 Å². The highest BCUT2D eigenvalue weighted by molar-refractivity contribution is 5.85. The van der Waals surface area contributed by atoms with Crippen LogP contribution in [0.1, 0.15) is 29.5 Å². The van der Waals surface area contributed by atoms with Crippen LogP contribution >= 0.6 is 0 Å². The number of aliphatic hydroxyl groups is 2. The molecule has 0 amide bonds. The fraction of sp³-hybridized carbons (Fsp3) is 0.471. The Bertz CT molecular complexity index is 737. The molecule has 118 valence electrons. The molecule has 0 saturated carbocycles. The highest BCUT2D eigenvalue weighted by Gasteiger charge is 2.22. The van der Waals surface area contributed by atoms with E-state index in [0.29, 0.717) is 12.0 Å². The number of benzene rings is 1. The fourth-order valence-electron chi connectivity index (χ4n) is 3.27. The minimum atomic E-state index is -0.984. The highest BCUT2D eigenvalue weighted by atomic mass is 16.4. The Morgan fingerprint density at radius 2 is 1.95 bits per heavy atom. The Balaban J connectivity index is 2.13.